The van der Waals surface area contributed by atoms with Gasteiger partial charge in [0.05, 0.1) is 19.1 Å². The summed E-state index contributed by atoms with van der Waals surface area (Å²) in [6, 6.07) is 5.40. The van der Waals surface area contributed by atoms with Crippen LogP contribution in [0, 0.1) is 0 Å². The second kappa shape index (κ2) is 7.43. The molecular formula is C17H18N2O5S. The van der Waals surface area contributed by atoms with Gasteiger partial charge in [0.2, 0.25) is 18.3 Å². The lowest BCUT2D eigenvalue weighted by molar-refractivity contribution is 0.0958. The maximum atomic E-state index is 12.0. The van der Waals surface area contributed by atoms with E-state index in [9.17, 15) is 4.79 Å². The van der Waals surface area contributed by atoms with Crippen molar-refractivity contribution in [3.8, 4) is 23.0 Å². The molecule has 0 atom stereocenters. The normalized spacial score (nSPS) is 12.8. The van der Waals surface area contributed by atoms with Gasteiger partial charge in [-0.05, 0) is 24.4 Å². The number of benzene rings is 1. The number of amides is 1. The fourth-order valence-electron chi connectivity index (χ4n) is 2.51. The molecule has 132 valence electrons. The van der Waals surface area contributed by atoms with Crippen molar-refractivity contribution >= 4 is 23.0 Å². The van der Waals surface area contributed by atoms with Crippen LogP contribution in [0.5, 0.6) is 23.0 Å². The molecule has 0 bridgehead atoms. The van der Waals surface area contributed by atoms with Crippen LogP contribution in [0.15, 0.2) is 28.7 Å². The average molecular weight is 362 g/mol. The van der Waals surface area contributed by atoms with Gasteiger partial charge in [-0.15, -0.1) is 11.3 Å². The van der Waals surface area contributed by atoms with E-state index in [2.05, 4.69) is 10.5 Å². The number of methoxy groups -OCH3 is 2. The summed E-state index contributed by atoms with van der Waals surface area (Å²) in [5, 5.41) is 6.00. The van der Waals surface area contributed by atoms with Crippen LogP contribution < -0.4 is 24.4 Å². The zero-order chi connectivity index (χ0) is 17.8. The van der Waals surface area contributed by atoms with Crippen molar-refractivity contribution < 1.29 is 23.7 Å². The Morgan fingerprint density at radius 3 is 2.80 bits per heavy atom. The lowest BCUT2D eigenvalue weighted by atomic mass is 10.1. The molecule has 1 aliphatic rings. The number of hydrogen-bond acceptors (Lipinski definition) is 7. The van der Waals surface area contributed by atoms with Crippen molar-refractivity contribution in [3.05, 3.63) is 34.0 Å². The summed E-state index contributed by atoms with van der Waals surface area (Å²) in [5.74, 6) is 1.95. The first-order chi connectivity index (χ1) is 12.1. The Balaban J connectivity index is 1.80. The second-order valence-electron chi connectivity index (χ2n) is 5.28. The van der Waals surface area contributed by atoms with E-state index >= 15 is 0 Å². The number of carbonyl (C=O) groups is 1. The number of nitrogens with zero attached hydrogens (tertiary/aromatic N) is 1. The molecule has 1 aromatic heterocycles. The number of hydrogen-bond donors (Lipinski definition) is 1. The van der Waals surface area contributed by atoms with Crippen LogP contribution in [0.4, 0.5) is 0 Å². The summed E-state index contributed by atoms with van der Waals surface area (Å²) in [7, 11) is 3.11. The molecule has 1 aliphatic heterocycles. The lowest BCUT2D eigenvalue weighted by Crippen LogP contribution is -2.18. The quantitative estimate of drug-likeness (QED) is 0.631. The van der Waals surface area contributed by atoms with Crippen LogP contribution in [0.25, 0.3) is 0 Å². The molecule has 25 heavy (non-hydrogen) atoms. The van der Waals surface area contributed by atoms with Crippen molar-refractivity contribution in [2.75, 3.05) is 21.0 Å². The minimum Gasteiger partial charge on any atom is -0.492 e. The van der Waals surface area contributed by atoms with Gasteiger partial charge in [-0.2, -0.15) is 5.10 Å². The van der Waals surface area contributed by atoms with Crippen molar-refractivity contribution in [1.29, 1.82) is 0 Å². The zero-order valence-corrected chi connectivity index (χ0v) is 14.9. The van der Waals surface area contributed by atoms with E-state index in [1.54, 1.807) is 20.3 Å². The van der Waals surface area contributed by atoms with Crippen molar-refractivity contribution in [3.63, 3.8) is 0 Å². The Morgan fingerprint density at radius 2 is 2.12 bits per heavy atom. The van der Waals surface area contributed by atoms with E-state index in [4.69, 9.17) is 18.9 Å². The van der Waals surface area contributed by atoms with E-state index in [0.29, 0.717) is 40.0 Å². The average Bonchev–Trinajstić information content (AvgIpc) is 3.29. The monoisotopic (exact) mass is 362 g/mol. The predicted octanol–water partition coefficient (Wildman–Crippen LogP) is 2.84. The third-order valence-electron chi connectivity index (χ3n) is 3.60. The van der Waals surface area contributed by atoms with E-state index in [1.807, 2.05) is 24.4 Å². The molecule has 3 rings (SSSR count). The summed E-state index contributed by atoms with van der Waals surface area (Å²) >= 11 is 1.36. The minimum absolute atomic E-state index is 0.141. The number of thiophene rings is 1. The Morgan fingerprint density at radius 1 is 1.32 bits per heavy atom. The van der Waals surface area contributed by atoms with E-state index < -0.39 is 0 Å². The van der Waals surface area contributed by atoms with Gasteiger partial charge in [-0.3, -0.25) is 4.79 Å². The summed E-state index contributed by atoms with van der Waals surface area (Å²) in [5.41, 5.74) is 4.10. The summed E-state index contributed by atoms with van der Waals surface area (Å²) in [6.07, 6.45) is 0.459. The van der Waals surface area contributed by atoms with Gasteiger partial charge in [0, 0.05) is 17.7 Å². The van der Waals surface area contributed by atoms with Crippen LogP contribution in [0.2, 0.25) is 0 Å². The maximum absolute atomic E-state index is 12.0. The first-order valence-corrected chi connectivity index (χ1v) is 8.42. The molecule has 0 saturated heterocycles. The van der Waals surface area contributed by atoms with Crippen LogP contribution in [-0.4, -0.2) is 32.6 Å². The molecule has 0 radical (unpaired) electrons. The third kappa shape index (κ3) is 3.53. The molecule has 0 spiro atoms. The van der Waals surface area contributed by atoms with Gasteiger partial charge in [-0.1, -0.05) is 6.07 Å². The minimum atomic E-state index is -0.232. The molecule has 8 heteroatoms. The van der Waals surface area contributed by atoms with Gasteiger partial charge in [-0.25, -0.2) is 5.43 Å². The summed E-state index contributed by atoms with van der Waals surface area (Å²) in [4.78, 5) is 12.6. The highest BCUT2D eigenvalue weighted by atomic mass is 32.1. The Hall–Kier alpha value is -2.74. The first kappa shape index (κ1) is 17.1. The van der Waals surface area contributed by atoms with E-state index in [0.717, 1.165) is 5.56 Å². The van der Waals surface area contributed by atoms with Crippen molar-refractivity contribution in [2.24, 2.45) is 5.10 Å². The van der Waals surface area contributed by atoms with Crippen LogP contribution in [0.3, 0.4) is 0 Å². The van der Waals surface area contributed by atoms with Crippen LogP contribution in [-0.2, 0) is 6.42 Å². The van der Waals surface area contributed by atoms with Gasteiger partial charge in [0.1, 0.15) is 0 Å². The van der Waals surface area contributed by atoms with Crippen LogP contribution >= 0.6 is 11.3 Å². The van der Waals surface area contributed by atoms with E-state index in [-0.39, 0.29) is 12.7 Å². The molecular weight excluding hydrogens is 344 g/mol. The molecule has 1 aromatic carbocycles. The molecule has 1 N–H and O–H groups in total. The summed E-state index contributed by atoms with van der Waals surface area (Å²) in [6.45, 7) is 1.97. The topological polar surface area (TPSA) is 78.4 Å². The number of nitrogens with one attached hydrogen (secondary N) is 1. The zero-order valence-electron chi connectivity index (χ0n) is 14.1. The molecule has 2 heterocycles. The maximum Gasteiger partial charge on any atom is 0.281 e. The van der Waals surface area contributed by atoms with Gasteiger partial charge >= 0.3 is 0 Å². The molecule has 7 nitrogen and oxygen atoms in total. The van der Waals surface area contributed by atoms with Gasteiger partial charge in [0.15, 0.2) is 11.5 Å². The Labute approximate surface area is 149 Å². The van der Waals surface area contributed by atoms with Crippen LogP contribution in [0.1, 0.15) is 22.2 Å². The molecule has 0 saturated carbocycles. The highest BCUT2D eigenvalue weighted by Gasteiger charge is 2.26. The Kier molecular flexibility index (Phi) is 5.08. The smallest absolute Gasteiger partial charge is 0.281 e. The number of fused-ring (bicyclic) bond motifs is 1. The third-order valence-corrected chi connectivity index (χ3v) is 4.47. The van der Waals surface area contributed by atoms with Crippen molar-refractivity contribution in [1.82, 2.24) is 5.43 Å². The van der Waals surface area contributed by atoms with Crippen molar-refractivity contribution in [2.45, 2.75) is 13.3 Å². The molecule has 1 amide bonds. The highest BCUT2D eigenvalue weighted by molar-refractivity contribution is 7.12. The van der Waals surface area contributed by atoms with Gasteiger partial charge < -0.3 is 18.9 Å². The van der Waals surface area contributed by atoms with Gasteiger partial charge in [0.25, 0.3) is 5.91 Å². The second-order valence-corrected chi connectivity index (χ2v) is 6.23. The highest BCUT2D eigenvalue weighted by Crippen LogP contribution is 2.49. The molecule has 0 fully saturated rings. The largest absolute Gasteiger partial charge is 0.492 e. The number of ether oxygens (including phenoxy) is 4. The Bertz CT molecular complexity index is 802. The molecule has 0 aliphatic carbocycles. The summed E-state index contributed by atoms with van der Waals surface area (Å²) < 4.78 is 21.8. The lowest BCUT2D eigenvalue weighted by Gasteiger charge is -2.14. The first-order valence-electron chi connectivity index (χ1n) is 7.54. The molecule has 2 aromatic rings. The number of carbonyl (C=O) groups excluding carboxylic acids is 1. The number of rotatable bonds is 6. The standard InChI is InChI=1S/C17H18N2O5S/c1-10(18-19-17(20)13-5-4-6-25-13)7-11-8-12-15(24-9-23-12)16(22-3)14(11)21-2/h4-6,8H,7,9H2,1-3H3,(H,19,20)/b18-10-. The fourth-order valence-corrected chi connectivity index (χ4v) is 3.12. The SMILES string of the molecule is COc1c(C/C(C)=N\NC(=O)c2cccs2)cc2c(c1OC)OCO2. The fraction of sp³-hybridized carbons (Fsp3) is 0.294. The predicted molar refractivity (Wildman–Crippen MR) is 94.3 cm³/mol. The molecule has 0 unspecified atom stereocenters. The number of hydrazone groups is 1. The van der Waals surface area contributed by atoms with E-state index in [1.165, 1.54) is 11.3 Å².